The summed E-state index contributed by atoms with van der Waals surface area (Å²) in [6, 6.07) is 14.8. The SMILES string of the molecule is CCCCCC(=O)NC(c1ccccc1)[C@H](O)C(=O)O[C@H]1C[C@@]2(O)[C@@H](OC(=O)c3ccccc3)C3[C@]4(OC(C)=O)COC4C[C@H](OC(=O)CCCC(=O)O)[C@@]3(C)C(=O)[C@H](O)C(=C1C)C2(C)C. The number of aliphatic hydroxyl groups is 3. The number of ketones is 1. The van der Waals surface area contributed by atoms with E-state index in [1.807, 2.05) is 6.92 Å². The molecule has 3 aliphatic carbocycles. The number of ether oxygens (including phenoxy) is 5. The first-order valence-electron chi connectivity index (χ1n) is 22.5. The summed E-state index contributed by atoms with van der Waals surface area (Å²) in [5, 5.41) is 49.9. The van der Waals surface area contributed by atoms with E-state index >= 15 is 4.79 Å². The average Bonchev–Trinajstić information content (AvgIpc) is 3.26. The fourth-order valence-electron chi connectivity index (χ4n) is 10.7. The Kier molecular flexibility index (Phi) is 15.0. The number of carboxylic acids is 1. The van der Waals surface area contributed by atoms with E-state index in [4.69, 9.17) is 23.7 Å². The van der Waals surface area contributed by atoms with Crippen LogP contribution in [0.2, 0.25) is 0 Å². The lowest BCUT2D eigenvalue weighted by atomic mass is 9.44. The van der Waals surface area contributed by atoms with Crippen molar-refractivity contribution in [2.45, 2.75) is 153 Å². The number of fused-ring (bicyclic) bond motifs is 5. The number of benzene rings is 2. The minimum absolute atomic E-state index is 0.0340. The van der Waals surface area contributed by atoms with E-state index in [1.165, 1.54) is 39.8 Å². The van der Waals surface area contributed by atoms with Crippen molar-refractivity contribution in [3.8, 4) is 0 Å². The molecular formula is C49H61NO16. The number of amides is 1. The maximum absolute atomic E-state index is 15.5. The summed E-state index contributed by atoms with van der Waals surface area (Å²) in [6.07, 6.45) is -9.38. The van der Waals surface area contributed by atoms with Crippen LogP contribution < -0.4 is 5.32 Å². The monoisotopic (exact) mass is 919 g/mol. The van der Waals surface area contributed by atoms with Gasteiger partial charge in [-0.1, -0.05) is 82.1 Å². The molecule has 17 heteroatoms. The lowest BCUT2D eigenvalue weighted by Gasteiger charge is -2.67. The van der Waals surface area contributed by atoms with Gasteiger partial charge in [-0.25, -0.2) is 9.59 Å². The third kappa shape index (κ3) is 9.27. The first-order chi connectivity index (χ1) is 31.1. The van der Waals surface area contributed by atoms with Crippen molar-refractivity contribution in [1.29, 1.82) is 0 Å². The van der Waals surface area contributed by atoms with Crippen LogP contribution in [0.1, 0.15) is 121 Å². The van der Waals surface area contributed by atoms with Crippen molar-refractivity contribution in [2.75, 3.05) is 6.61 Å². The summed E-state index contributed by atoms with van der Waals surface area (Å²) < 4.78 is 30.6. The summed E-state index contributed by atoms with van der Waals surface area (Å²) in [6.45, 7) is 8.66. The van der Waals surface area contributed by atoms with Gasteiger partial charge in [0, 0.05) is 44.4 Å². The van der Waals surface area contributed by atoms with E-state index in [-0.39, 0.29) is 55.4 Å². The number of carbonyl (C=O) groups excluding carboxylic acids is 6. The molecule has 3 fully saturated rings. The van der Waals surface area contributed by atoms with E-state index in [0.717, 1.165) is 19.8 Å². The Labute approximate surface area is 383 Å². The van der Waals surface area contributed by atoms with Crippen LogP contribution in [0, 0.1) is 16.7 Å². The highest BCUT2D eigenvalue weighted by molar-refractivity contribution is 5.94. The molecular weight excluding hydrogens is 859 g/mol. The lowest BCUT2D eigenvalue weighted by molar-refractivity contribution is -0.346. The summed E-state index contributed by atoms with van der Waals surface area (Å²) in [5.74, 6) is -8.06. The lowest BCUT2D eigenvalue weighted by Crippen LogP contribution is -2.82. The van der Waals surface area contributed by atoms with Gasteiger partial charge in [-0.2, -0.15) is 0 Å². The fraction of sp³-hybridized carbons (Fsp3) is 0.571. The molecule has 1 saturated heterocycles. The Bertz CT molecular complexity index is 2210. The predicted molar refractivity (Wildman–Crippen MR) is 232 cm³/mol. The molecule has 0 spiro atoms. The molecule has 1 heterocycles. The molecule has 17 nitrogen and oxygen atoms in total. The minimum atomic E-state index is -2.44. The first kappa shape index (κ1) is 49.9. The quantitative estimate of drug-likeness (QED) is 0.0644. The van der Waals surface area contributed by atoms with Crippen molar-refractivity contribution in [3.05, 3.63) is 82.9 Å². The first-order valence-corrected chi connectivity index (χ1v) is 22.5. The highest BCUT2D eigenvalue weighted by atomic mass is 16.6. The molecule has 0 aromatic heterocycles. The van der Waals surface area contributed by atoms with E-state index in [0.29, 0.717) is 12.0 Å². The Balaban J connectivity index is 1.50. The second kappa shape index (κ2) is 19.8. The van der Waals surface area contributed by atoms with Crippen LogP contribution in [-0.4, -0.2) is 116 Å². The van der Waals surface area contributed by atoms with Crippen LogP contribution in [0.3, 0.4) is 0 Å². The van der Waals surface area contributed by atoms with E-state index in [9.17, 15) is 49.2 Å². The molecule has 358 valence electrons. The van der Waals surface area contributed by atoms with Crippen molar-refractivity contribution < 1.29 is 77.7 Å². The van der Waals surface area contributed by atoms with Gasteiger partial charge in [0.2, 0.25) is 5.91 Å². The number of hydrogen-bond donors (Lipinski definition) is 5. The highest BCUT2D eigenvalue weighted by Gasteiger charge is 2.78. The van der Waals surface area contributed by atoms with Crippen molar-refractivity contribution >= 4 is 41.5 Å². The number of aliphatic carboxylic acids is 1. The zero-order valence-corrected chi connectivity index (χ0v) is 38.2. The molecule has 3 unspecified atom stereocenters. The largest absolute Gasteiger partial charge is 0.481 e. The second-order valence-electron chi connectivity index (χ2n) is 18.7. The van der Waals surface area contributed by atoms with Crippen LogP contribution in [0.4, 0.5) is 0 Å². The molecule has 1 amide bonds. The third-order valence-electron chi connectivity index (χ3n) is 14.2. The van der Waals surface area contributed by atoms with Gasteiger partial charge in [0.05, 0.1) is 29.5 Å². The van der Waals surface area contributed by atoms with Gasteiger partial charge in [0.25, 0.3) is 0 Å². The summed E-state index contributed by atoms with van der Waals surface area (Å²) in [7, 11) is 0. The van der Waals surface area contributed by atoms with Crippen molar-refractivity contribution in [2.24, 2.45) is 16.7 Å². The van der Waals surface area contributed by atoms with Gasteiger partial charge in [-0.3, -0.25) is 24.0 Å². The molecule has 66 heavy (non-hydrogen) atoms. The standard InChI is InChI=1S/C49H61NO16/c1-7-8-11-21-34(52)50-38(29-17-12-9-13-18-29)40(57)45(60)63-31-25-49(61)43(65-44(59)30-19-14-10-15-20-30)41-47(6,42(58)39(56)37(27(31)2)46(49,4)5)32(64-36(55)23-16-22-35(53)54)24-33-48(41,26-62-33)66-28(3)51/h9-10,12-15,17-20,31-33,38-41,43,56-57,61H,7-8,11,16,21-26H2,1-6H3,(H,50,52)(H,53,54)/t31-,32-,33?,38?,39+,40-,41?,43-,47+,48-,49+/m0/s1. The topological polar surface area (TPSA) is 259 Å². The van der Waals surface area contributed by atoms with Crippen LogP contribution in [0.15, 0.2) is 71.8 Å². The molecule has 2 bridgehead atoms. The predicted octanol–water partition coefficient (Wildman–Crippen LogP) is 4.24. The summed E-state index contributed by atoms with van der Waals surface area (Å²) in [5.41, 5.74) is -7.69. The molecule has 4 aliphatic rings. The van der Waals surface area contributed by atoms with Gasteiger partial charge in [0.15, 0.2) is 17.5 Å². The molecule has 2 aromatic carbocycles. The normalized spacial score (nSPS) is 30.7. The van der Waals surface area contributed by atoms with Crippen LogP contribution in [-0.2, 0) is 52.5 Å². The van der Waals surface area contributed by atoms with Crippen LogP contribution >= 0.6 is 0 Å². The van der Waals surface area contributed by atoms with Crippen LogP contribution in [0.5, 0.6) is 0 Å². The highest BCUT2D eigenvalue weighted by Crippen LogP contribution is 2.64. The molecule has 1 aliphatic heterocycles. The second-order valence-corrected chi connectivity index (χ2v) is 18.7. The maximum Gasteiger partial charge on any atom is 0.338 e. The Hall–Kier alpha value is -5.49. The number of nitrogens with one attached hydrogen (secondary N) is 1. The van der Waals surface area contributed by atoms with E-state index in [1.54, 1.807) is 48.5 Å². The van der Waals surface area contributed by atoms with Crippen molar-refractivity contribution in [3.63, 3.8) is 0 Å². The number of esters is 4. The number of rotatable bonds is 17. The molecule has 2 saturated carbocycles. The van der Waals surface area contributed by atoms with Gasteiger partial charge in [0.1, 0.15) is 36.1 Å². The maximum atomic E-state index is 15.5. The van der Waals surface area contributed by atoms with Crippen molar-refractivity contribution in [1.82, 2.24) is 5.32 Å². The molecule has 6 rings (SSSR count). The number of hydrogen-bond acceptors (Lipinski definition) is 15. The number of aliphatic hydroxyl groups excluding tert-OH is 2. The zero-order valence-electron chi connectivity index (χ0n) is 38.2. The van der Waals surface area contributed by atoms with E-state index < -0.39 is 119 Å². The van der Waals surface area contributed by atoms with Gasteiger partial charge in [-0.15, -0.1) is 0 Å². The van der Waals surface area contributed by atoms with Crippen LogP contribution in [0.25, 0.3) is 0 Å². The third-order valence-corrected chi connectivity index (χ3v) is 14.2. The molecule has 5 N–H and O–H groups in total. The number of Topliss-reactive ketones (excluding diaryl/α,β-unsaturated/α-hetero) is 1. The summed E-state index contributed by atoms with van der Waals surface area (Å²) in [4.78, 5) is 95.2. The summed E-state index contributed by atoms with van der Waals surface area (Å²) >= 11 is 0. The number of carbonyl (C=O) groups is 7. The Morgan fingerprint density at radius 1 is 0.894 bits per heavy atom. The molecule has 0 radical (unpaired) electrons. The average molecular weight is 920 g/mol. The smallest absolute Gasteiger partial charge is 0.338 e. The van der Waals surface area contributed by atoms with Gasteiger partial charge < -0.3 is 49.4 Å². The minimum Gasteiger partial charge on any atom is -0.481 e. The number of unbranched alkanes of at least 4 members (excludes halogenated alkanes) is 2. The Morgan fingerprint density at radius 3 is 2.14 bits per heavy atom. The van der Waals surface area contributed by atoms with Gasteiger partial charge >= 0.3 is 29.8 Å². The zero-order chi connectivity index (χ0) is 48.4. The Morgan fingerprint density at radius 2 is 1.55 bits per heavy atom. The molecule has 2 aromatic rings. The van der Waals surface area contributed by atoms with Gasteiger partial charge in [-0.05, 0) is 55.5 Å². The number of carboxylic acid groups (broad SMARTS) is 1. The molecule has 11 atom stereocenters. The van der Waals surface area contributed by atoms with E-state index in [2.05, 4.69) is 5.32 Å². The fourth-order valence-corrected chi connectivity index (χ4v) is 10.7.